The van der Waals surface area contributed by atoms with Crippen LogP contribution in [-0.4, -0.2) is 5.11 Å². The third-order valence-electron chi connectivity index (χ3n) is 2.68. The molecule has 14 heavy (non-hydrogen) atoms. The number of rotatable bonds is 3. The van der Waals surface area contributed by atoms with E-state index < -0.39 is 5.82 Å². The summed E-state index contributed by atoms with van der Waals surface area (Å²) in [6.45, 7) is 0. The lowest BCUT2D eigenvalue weighted by Crippen LogP contribution is -2.11. The van der Waals surface area contributed by atoms with Crippen LogP contribution < -0.4 is 5.73 Å². The van der Waals surface area contributed by atoms with Crippen molar-refractivity contribution in [3.8, 4) is 5.75 Å². The highest BCUT2D eigenvalue weighted by Crippen LogP contribution is 2.38. The molecular weight excluding hydrogens is 181 g/mol. The Morgan fingerprint density at radius 2 is 2.21 bits per heavy atom. The van der Waals surface area contributed by atoms with Gasteiger partial charge in [0, 0.05) is 17.7 Å². The largest absolute Gasteiger partial charge is 0.508 e. The van der Waals surface area contributed by atoms with Gasteiger partial charge in [-0.3, -0.25) is 0 Å². The van der Waals surface area contributed by atoms with Crippen LogP contribution in [0.3, 0.4) is 0 Å². The Kier molecular flexibility index (Phi) is 2.42. The molecule has 0 spiro atoms. The van der Waals surface area contributed by atoms with Gasteiger partial charge < -0.3 is 10.8 Å². The second-order valence-corrected chi connectivity index (χ2v) is 3.99. The van der Waals surface area contributed by atoms with Crippen LogP contribution in [0.2, 0.25) is 0 Å². The molecule has 1 fully saturated rings. The van der Waals surface area contributed by atoms with Crippen molar-refractivity contribution in [2.24, 2.45) is 11.7 Å². The van der Waals surface area contributed by atoms with Crippen LogP contribution in [0.15, 0.2) is 18.2 Å². The van der Waals surface area contributed by atoms with Gasteiger partial charge in [0.05, 0.1) is 0 Å². The lowest BCUT2D eigenvalue weighted by atomic mass is 10.0. The Morgan fingerprint density at radius 1 is 1.50 bits per heavy atom. The van der Waals surface area contributed by atoms with E-state index in [-0.39, 0.29) is 11.8 Å². The average Bonchev–Trinajstić information content (AvgIpc) is 2.87. The third kappa shape index (κ3) is 2.04. The second-order valence-electron chi connectivity index (χ2n) is 3.99. The van der Waals surface area contributed by atoms with E-state index in [0.717, 1.165) is 12.5 Å². The summed E-state index contributed by atoms with van der Waals surface area (Å²) in [6, 6.07) is 3.85. The maximum atomic E-state index is 12.7. The van der Waals surface area contributed by atoms with Crippen LogP contribution >= 0.6 is 0 Å². The molecule has 0 radical (unpaired) electrons. The molecule has 1 aromatic carbocycles. The minimum Gasteiger partial charge on any atom is -0.508 e. The van der Waals surface area contributed by atoms with Crippen LogP contribution in [-0.2, 0) is 0 Å². The number of halogens is 1. The number of hydrogen-bond donors (Lipinski definition) is 2. The molecule has 0 heterocycles. The predicted octanol–water partition coefficient (Wildman–Crippen LogP) is 2.33. The average molecular weight is 195 g/mol. The van der Waals surface area contributed by atoms with Crippen molar-refractivity contribution in [2.75, 3.05) is 0 Å². The van der Waals surface area contributed by atoms with E-state index in [1.54, 1.807) is 6.07 Å². The Hall–Kier alpha value is -1.09. The summed E-state index contributed by atoms with van der Waals surface area (Å²) in [6.07, 6.45) is 3.35. The fourth-order valence-electron chi connectivity index (χ4n) is 1.67. The quantitative estimate of drug-likeness (QED) is 0.777. The summed E-state index contributed by atoms with van der Waals surface area (Å²) in [7, 11) is 0. The predicted molar refractivity (Wildman–Crippen MR) is 52.3 cm³/mol. The van der Waals surface area contributed by atoms with E-state index in [2.05, 4.69) is 0 Å². The van der Waals surface area contributed by atoms with Gasteiger partial charge in [-0.2, -0.15) is 0 Å². The molecule has 2 rings (SSSR count). The van der Waals surface area contributed by atoms with Gasteiger partial charge in [0.1, 0.15) is 11.6 Å². The first-order valence-electron chi connectivity index (χ1n) is 4.91. The molecule has 1 unspecified atom stereocenters. The summed E-state index contributed by atoms with van der Waals surface area (Å²) < 4.78 is 12.7. The Morgan fingerprint density at radius 3 is 2.79 bits per heavy atom. The molecule has 0 bridgehead atoms. The van der Waals surface area contributed by atoms with Crippen LogP contribution in [0.5, 0.6) is 5.75 Å². The molecule has 0 aliphatic heterocycles. The monoisotopic (exact) mass is 195 g/mol. The van der Waals surface area contributed by atoms with E-state index in [9.17, 15) is 9.50 Å². The first kappa shape index (κ1) is 9.46. The van der Waals surface area contributed by atoms with Gasteiger partial charge in [-0.15, -0.1) is 0 Å². The first-order valence-corrected chi connectivity index (χ1v) is 4.91. The van der Waals surface area contributed by atoms with Crippen LogP contribution in [0.1, 0.15) is 30.9 Å². The van der Waals surface area contributed by atoms with Crippen molar-refractivity contribution in [3.05, 3.63) is 29.6 Å². The molecule has 3 heteroatoms. The zero-order chi connectivity index (χ0) is 10.1. The Bertz CT molecular complexity index is 336. The Balaban J connectivity index is 2.13. The maximum Gasteiger partial charge on any atom is 0.126 e. The fraction of sp³-hybridized carbons (Fsp3) is 0.455. The summed E-state index contributed by atoms with van der Waals surface area (Å²) in [4.78, 5) is 0. The summed E-state index contributed by atoms with van der Waals surface area (Å²) in [5.74, 6) is 0.248. The van der Waals surface area contributed by atoms with E-state index >= 15 is 0 Å². The van der Waals surface area contributed by atoms with Gasteiger partial charge in [0.15, 0.2) is 0 Å². The van der Waals surface area contributed by atoms with Gasteiger partial charge in [-0.25, -0.2) is 4.39 Å². The smallest absolute Gasteiger partial charge is 0.126 e. The molecular formula is C11H14FNO. The lowest BCUT2D eigenvalue weighted by molar-refractivity contribution is 0.449. The maximum absolute atomic E-state index is 12.7. The molecule has 76 valence electrons. The van der Waals surface area contributed by atoms with Crippen LogP contribution in [0.4, 0.5) is 4.39 Å². The molecule has 1 atom stereocenters. The van der Waals surface area contributed by atoms with E-state index in [1.807, 2.05) is 0 Å². The van der Waals surface area contributed by atoms with Crippen molar-refractivity contribution in [1.82, 2.24) is 0 Å². The Labute approximate surface area is 82.5 Å². The molecule has 3 N–H and O–H groups in total. The molecule has 2 nitrogen and oxygen atoms in total. The van der Waals surface area contributed by atoms with E-state index in [1.165, 1.54) is 18.9 Å². The van der Waals surface area contributed by atoms with Crippen LogP contribution in [0, 0.1) is 11.7 Å². The van der Waals surface area contributed by atoms with Crippen molar-refractivity contribution in [3.63, 3.8) is 0 Å². The van der Waals surface area contributed by atoms with Crippen molar-refractivity contribution >= 4 is 0 Å². The molecule has 1 saturated carbocycles. The summed E-state index contributed by atoms with van der Waals surface area (Å²) >= 11 is 0. The minimum atomic E-state index is -0.426. The fourth-order valence-corrected chi connectivity index (χ4v) is 1.67. The highest BCUT2D eigenvalue weighted by Gasteiger charge is 2.25. The van der Waals surface area contributed by atoms with Crippen molar-refractivity contribution in [1.29, 1.82) is 0 Å². The normalized spacial score (nSPS) is 18.1. The van der Waals surface area contributed by atoms with Crippen molar-refractivity contribution < 1.29 is 9.50 Å². The molecule has 1 aromatic rings. The topological polar surface area (TPSA) is 46.2 Å². The van der Waals surface area contributed by atoms with Gasteiger partial charge in [-0.05, 0) is 18.4 Å². The SMILES string of the molecule is NC(CC1CC1)c1ccc(F)cc1O. The van der Waals surface area contributed by atoms with Gasteiger partial charge in [0.2, 0.25) is 0 Å². The second kappa shape index (κ2) is 3.58. The third-order valence-corrected chi connectivity index (χ3v) is 2.68. The van der Waals surface area contributed by atoms with Gasteiger partial charge >= 0.3 is 0 Å². The zero-order valence-corrected chi connectivity index (χ0v) is 7.91. The minimum absolute atomic E-state index is 0.0295. The molecule has 0 amide bonds. The molecule has 1 aliphatic rings. The summed E-state index contributed by atoms with van der Waals surface area (Å²) in [5, 5.41) is 9.48. The van der Waals surface area contributed by atoms with Gasteiger partial charge in [-0.1, -0.05) is 18.9 Å². The van der Waals surface area contributed by atoms with Gasteiger partial charge in [0.25, 0.3) is 0 Å². The lowest BCUT2D eigenvalue weighted by Gasteiger charge is -2.12. The number of aromatic hydroxyl groups is 1. The van der Waals surface area contributed by atoms with E-state index in [0.29, 0.717) is 11.5 Å². The number of benzene rings is 1. The first-order chi connectivity index (χ1) is 6.66. The highest BCUT2D eigenvalue weighted by molar-refractivity contribution is 5.35. The van der Waals surface area contributed by atoms with Crippen LogP contribution in [0.25, 0.3) is 0 Å². The highest BCUT2D eigenvalue weighted by atomic mass is 19.1. The number of hydrogen-bond acceptors (Lipinski definition) is 2. The zero-order valence-electron chi connectivity index (χ0n) is 7.91. The molecule has 0 saturated heterocycles. The number of phenolic OH excluding ortho intramolecular Hbond substituents is 1. The molecule has 0 aromatic heterocycles. The van der Waals surface area contributed by atoms with Crippen molar-refractivity contribution in [2.45, 2.75) is 25.3 Å². The molecule has 1 aliphatic carbocycles. The number of phenols is 1. The number of nitrogens with two attached hydrogens (primary N) is 1. The van der Waals surface area contributed by atoms with E-state index in [4.69, 9.17) is 5.73 Å². The standard InChI is InChI=1S/C11H14FNO/c12-8-3-4-9(11(14)6-8)10(13)5-7-1-2-7/h3-4,6-7,10,14H,1-2,5,13H2. The summed E-state index contributed by atoms with van der Waals surface area (Å²) in [5.41, 5.74) is 6.56.